The number of aryl methyl sites for hydroxylation is 1. The minimum absolute atomic E-state index is 0.0932. The van der Waals surface area contributed by atoms with Crippen molar-refractivity contribution in [3.05, 3.63) is 50.5 Å². The van der Waals surface area contributed by atoms with Crippen LogP contribution in [0.1, 0.15) is 25.8 Å². The second kappa shape index (κ2) is 8.98. The minimum Gasteiger partial charge on any atom is -0.477 e. The van der Waals surface area contributed by atoms with Crippen LogP contribution in [0.25, 0.3) is 0 Å². The van der Waals surface area contributed by atoms with Gasteiger partial charge in [-0.05, 0) is 42.0 Å². The lowest BCUT2D eigenvalue weighted by molar-refractivity contribution is -0.384. The van der Waals surface area contributed by atoms with Crippen LogP contribution in [0.2, 0.25) is 0 Å². The number of non-ortho nitro benzene ring substituents is 1. The molecule has 0 radical (unpaired) electrons. The lowest BCUT2D eigenvalue weighted by atomic mass is 9.76. The Hall–Kier alpha value is -4.01. The number of ether oxygens (including phenoxy) is 2. The molecule has 2 aliphatic heterocycles. The molecule has 2 aromatic rings. The second-order valence-electron chi connectivity index (χ2n) is 8.39. The van der Waals surface area contributed by atoms with E-state index in [1.807, 2.05) is 0 Å². The van der Waals surface area contributed by atoms with Crippen molar-refractivity contribution >= 4 is 35.5 Å². The van der Waals surface area contributed by atoms with Gasteiger partial charge in [0.1, 0.15) is 17.9 Å². The Bertz CT molecular complexity index is 1240. The molecule has 0 bridgehead atoms. The highest BCUT2D eigenvalue weighted by Crippen LogP contribution is 2.51. The van der Waals surface area contributed by atoms with Gasteiger partial charge in [-0.25, -0.2) is 14.3 Å². The Morgan fingerprint density at radius 3 is 2.57 bits per heavy atom. The van der Waals surface area contributed by atoms with Gasteiger partial charge in [0.15, 0.2) is 0 Å². The van der Waals surface area contributed by atoms with Gasteiger partial charge in [-0.3, -0.25) is 14.9 Å². The number of aromatic nitrogens is 4. The van der Waals surface area contributed by atoms with Crippen molar-refractivity contribution in [2.45, 2.75) is 43.7 Å². The smallest absolute Gasteiger partial charge is 0.477 e. The number of tetrazole rings is 1. The number of rotatable bonds is 8. The van der Waals surface area contributed by atoms with Crippen molar-refractivity contribution in [2.24, 2.45) is 13.0 Å². The van der Waals surface area contributed by atoms with E-state index in [0.29, 0.717) is 15.6 Å². The number of aliphatic carboxylic acids is 1. The number of nitro benzene ring substituents is 1. The third kappa shape index (κ3) is 4.53. The second-order valence-corrected chi connectivity index (χ2v) is 9.45. The Labute approximate surface area is 202 Å². The van der Waals surface area contributed by atoms with Crippen LogP contribution in [0.15, 0.2) is 40.0 Å². The maximum absolute atomic E-state index is 13.0. The molecule has 1 aromatic carbocycles. The molecule has 14 nitrogen and oxygen atoms in total. The van der Waals surface area contributed by atoms with E-state index in [4.69, 9.17) is 9.47 Å². The molecule has 1 aromatic heterocycles. The van der Waals surface area contributed by atoms with E-state index in [2.05, 4.69) is 15.5 Å². The zero-order valence-electron chi connectivity index (χ0n) is 18.8. The van der Waals surface area contributed by atoms with Crippen LogP contribution in [-0.4, -0.2) is 64.8 Å². The molecular weight excluding hydrogens is 484 g/mol. The number of β-lactam (4-membered cyclic amide) rings is 1. The summed E-state index contributed by atoms with van der Waals surface area (Å²) in [6, 6.07) is 4.96. The van der Waals surface area contributed by atoms with Gasteiger partial charge >= 0.3 is 12.1 Å². The quantitative estimate of drug-likeness (QED) is 0.239. The zero-order valence-corrected chi connectivity index (χ0v) is 19.6. The Balaban J connectivity index is 1.40. The molecule has 35 heavy (non-hydrogen) atoms. The largest absolute Gasteiger partial charge is 0.509 e. The van der Waals surface area contributed by atoms with E-state index in [1.54, 1.807) is 20.9 Å². The van der Waals surface area contributed by atoms with Crippen molar-refractivity contribution in [1.82, 2.24) is 25.1 Å². The van der Waals surface area contributed by atoms with Gasteiger partial charge in [0.2, 0.25) is 11.1 Å². The van der Waals surface area contributed by atoms with E-state index in [1.165, 1.54) is 33.8 Å². The van der Waals surface area contributed by atoms with Gasteiger partial charge in [0.25, 0.3) is 5.69 Å². The fourth-order valence-electron chi connectivity index (χ4n) is 4.11. The van der Waals surface area contributed by atoms with Gasteiger partial charge in [0.05, 0.1) is 16.9 Å². The zero-order chi connectivity index (χ0) is 25.5. The maximum Gasteiger partial charge on any atom is 0.509 e. The molecule has 0 saturated carbocycles. The molecule has 0 unspecified atom stereocenters. The fourth-order valence-corrected chi connectivity index (χ4v) is 5.11. The van der Waals surface area contributed by atoms with Crippen molar-refractivity contribution in [1.29, 1.82) is 0 Å². The molecule has 2 aliphatic rings. The highest BCUT2D eigenvalue weighted by Gasteiger charge is 2.61. The fraction of sp³-hybridized carbons (Fsp3) is 0.400. The van der Waals surface area contributed by atoms with Crippen molar-refractivity contribution < 1.29 is 33.9 Å². The molecule has 15 heteroatoms. The highest BCUT2D eigenvalue weighted by atomic mass is 32.2. The van der Waals surface area contributed by atoms with Crippen LogP contribution in [0.5, 0.6) is 0 Å². The number of hydrogen-bond donors (Lipinski definition) is 1. The predicted octanol–water partition coefficient (Wildman–Crippen LogP) is 1.87. The summed E-state index contributed by atoms with van der Waals surface area (Å²) in [5.74, 6) is -2.52. The lowest BCUT2D eigenvalue weighted by Crippen LogP contribution is -2.66. The summed E-state index contributed by atoms with van der Waals surface area (Å²) in [5, 5.41) is 31.9. The van der Waals surface area contributed by atoms with Crippen LogP contribution in [0.4, 0.5) is 10.5 Å². The topological polar surface area (TPSA) is 180 Å². The van der Waals surface area contributed by atoms with Crippen LogP contribution < -0.4 is 0 Å². The minimum atomic E-state index is -1.29. The summed E-state index contributed by atoms with van der Waals surface area (Å²) in [5.41, 5.74) is -1.01. The maximum atomic E-state index is 13.0. The summed E-state index contributed by atoms with van der Waals surface area (Å²) in [7, 11) is 1.61. The third-order valence-corrected chi connectivity index (χ3v) is 6.85. The number of amides is 1. The highest BCUT2D eigenvalue weighted by molar-refractivity contribution is 8.03. The lowest BCUT2D eigenvalue weighted by Gasteiger charge is -2.49. The number of carbonyl (C=O) groups excluding carboxylic acids is 2. The van der Waals surface area contributed by atoms with Crippen molar-refractivity contribution in [3.63, 3.8) is 0 Å². The number of hydrogen-bond acceptors (Lipinski definition) is 11. The molecule has 4 rings (SSSR count). The average molecular weight is 504 g/mol. The summed E-state index contributed by atoms with van der Waals surface area (Å²) in [4.78, 5) is 49.0. The SMILES string of the molecule is Cn1nnnc1SC1=C(C(=O)O)N2C(=O)[C@@H](C(C)(C)OC(=O)OCc3ccc([N+](=O)[O-])cc3)[C@H]2C1. The number of carboxylic acid groups (broad SMARTS) is 1. The number of nitrogens with zero attached hydrogens (tertiary/aromatic N) is 6. The van der Waals surface area contributed by atoms with E-state index < -0.39 is 40.5 Å². The molecule has 2 atom stereocenters. The van der Waals surface area contributed by atoms with Crippen molar-refractivity contribution in [3.8, 4) is 0 Å². The number of benzene rings is 1. The van der Waals surface area contributed by atoms with Crippen LogP contribution in [0.3, 0.4) is 0 Å². The van der Waals surface area contributed by atoms with Crippen LogP contribution in [0, 0.1) is 16.0 Å². The first-order valence-corrected chi connectivity index (χ1v) is 11.1. The predicted molar refractivity (Wildman–Crippen MR) is 117 cm³/mol. The molecule has 1 saturated heterocycles. The molecule has 0 aliphatic carbocycles. The van der Waals surface area contributed by atoms with E-state index in [9.17, 15) is 29.6 Å². The van der Waals surface area contributed by atoms with Gasteiger partial charge < -0.3 is 19.5 Å². The summed E-state index contributed by atoms with van der Waals surface area (Å²) < 4.78 is 11.9. The monoisotopic (exact) mass is 504 g/mol. The van der Waals surface area contributed by atoms with Crippen LogP contribution in [-0.2, 0) is 32.7 Å². The standard InChI is InChI=1S/C20H20N6O8S/c1-20(2,34-19(30)33-9-10-4-6-11(7-5-10)26(31)32)14-12-8-13(35-18-21-22-23-24(18)3)15(17(28)29)25(12)16(14)27/h4-7,12,14H,8-9H2,1-3H3,(H,28,29)/t12-,14+/m1/s1. The molecule has 1 amide bonds. The molecule has 1 fully saturated rings. The first-order valence-electron chi connectivity index (χ1n) is 10.3. The molecule has 3 heterocycles. The summed E-state index contributed by atoms with van der Waals surface area (Å²) in [6.07, 6.45) is -0.788. The molecule has 1 N–H and O–H groups in total. The number of carbonyl (C=O) groups is 3. The molecular formula is C20H20N6O8S. The normalized spacial score (nSPS) is 19.3. The van der Waals surface area contributed by atoms with Gasteiger partial charge in [-0.15, -0.1) is 5.10 Å². The van der Waals surface area contributed by atoms with E-state index in [0.717, 1.165) is 11.8 Å². The van der Waals surface area contributed by atoms with E-state index >= 15 is 0 Å². The van der Waals surface area contributed by atoms with Gasteiger partial charge in [0, 0.05) is 30.5 Å². The van der Waals surface area contributed by atoms with Crippen LogP contribution >= 0.6 is 11.8 Å². The summed E-state index contributed by atoms with van der Waals surface area (Å²) in [6.45, 7) is 2.93. The van der Waals surface area contributed by atoms with Gasteiger partial charge in [-0.1, -0.05) is 11.8 Å². The Morgan fingerprint density at radius 1 is 1.31 bits per heavy atom. The van der Waals surface area contributed by atoms with Crippen molar-refractivity contribution in [2.75, 3.05) is 0 Å². The third-order valence-electron chi connectivity index (χ3n) is 5.72. The first kappa shape index (κ1) is 24.1. The molecule has 184 valence electrons. The van der Waals surface area contributed by atoms with E-state index in [-0.39, 0.29) is 24.4 Å². The van der Waals surface area contributed by atoms with Gasteiger partial charge in [-0.2, -0.15) is 0 Å². The Morgan fingerprint density at radius 2 is 2.00 bits per heavy atom. The number of thioether (sulfide) groups is 1. The Kier molecular flexibility index (Phi) is 6.19. The number of carboxylic acids is 1. The number of nitro groups is 1. The first-order chi connectivity index (χ1) is 16.5. The summed E-state index contributed by atoms with van der Waals surface area (Å²) >= 11 is 1.06. The molecule has 0 spiro atoms. The average Bonchev–Trinajstić information content (AvgIpc) is 3.33. The number of fused-ring (bicyclic) bond motifs is 1.